The summed E-state index contributed by atoms with van der Waals surface area (Å²) in [5.74, 6) is -0.218. The van der Waals surface area contributed by atoms with Crippen LogP contribution in [0.5, 0.6) is 0 Å². The van der Waals surface area contributed by atoms with Crippen LogP contribution < -0.4 is 0 Å². The Labute approximate surface area is 126 Å². The number of benzene rings is 1. The SMILES string of the molecule is CCN(CCO)C(=O)c1cnn(-c2ccc([N+](=O)[O-])cc2)c1. The Hall–Kier alpha value is -2.74. The summed E-state index contributed by atoms with van der Waals surface area (Å²) < 4.78 is 1.48. The average molecular weight is 304 g/mol. The van der Waals surface area contributed by atoms with Gasteiger partial charge < -0.3 is 10.0 Å². The topological polar surface area (TPSA) is 102 Å². The first-order chi connectivity index (χ1) is 10.6. The third-order valence-corrected chi connectivity index (χ3v) is 3.19. The van der Waals surface area contributed by atoms with E-state index in [1.165, 1.54) is 27.9 Å². The third-order valence-electron chi connectivity index (χ3n) is 3.19. The second kappa shape index (κ2) is 6.81. The third kappa shape index (κ3) is 3.29. The van der Waals surface area contributed by atoms with Gasteiger partial charge in [-0.3, -0.25) is 14.9 Å². The molecule has 0 aliphatic rings. The van der Waals surface area contributed by atoms with Crippen LogP contribution in [0.15, 0.2) is 36.7 Å². The standard InChI is InChI=1S/C14H16N4O4/c1-2-16(7-8-19)14(20)11-9-15-17(10-11)12-3-5-13(6-4-12)18(21)22/h3-6,9-10,19H,2,7-8H2,1H3. The van der Waals surface area contributed by atoms with Gasteiger partial charge in [-0.1, -0.05) is 0 Å². The molecular formula is C14H16N4O4. The molecule has 0 saturated carbocycles. The number of nitro groups is 1. The number of amides is 1. The van der Waals surface area contributed by atoms with Crippen molar-refractivity contribution in [2.24, 2.45) is 0 Å². The summed E-state index contributed by atoms with van der Waals surface area (Å²) in [5.41, 5.74) is 1.01. The number of non-ortho nitro benzene ring substituents is 1. The van der Waals surface area contributed by atoms with E-state index in [-0.39, 0.29) is 24.7 Å². The van der Waals surface area contributed by atoms with Crippen molar-refractivity contribution >= 4 is 11.6 Å². The van der Waals surface area contributed by atoms with Crippen molar-refractivity contribution in [2.45, 2.75) is 6.92 Å². The molecule has 8 nitrogen and oxygen atoms in total. The molecule has 116 valence electrons. The van der Waals surface area contributed by atoms with Gasteiger partial charge in [0.2, 0.25) is 0 Å². The number of aliphatic hydroxyl groups excluding tert-OH is 1. The fourth-order valence-electron chi connectivity index (χ4n) is 2.01. The molecule has 0 aliphatic heterocycles. The van der Waals surface area contributed by atoms with Gasteiger partial charge in [0.15, 0.2) is 0 Å². The van der Waals surface area contributed by atoms with Gasteiger partial charge in [0.1, 0.15) is 0 Å². The lowest BCUT2D eigenvalue weighted by molar-refractivity contribution is -0.384. The van der Waals surface area contributed by atoms with Gasteiger partial charge in [-0.15, -0.1) is 0 Å². The van der Waals surface area contributed by atoms with Crippen LogP contribution in [0.3, 0.4) is 0 Å². The van der Waals surface area contributed by atoms with Crippen LogP contribution in [-0.2, 0) is 0 Å². The van der Waals surface area contributed by atoms with Crippen LogP contribution in [0, 0.1) is 10.1 Å². The van der Waals surface area contributed by atoms with Crippen molar-refractivity contribution in [3.8, 4) is 5.69 Å². The Morgan fingerprint density at radius 1 is 1.41 bits per heavy atom. The second-order valence-corrected chi connectivity index (χ2v) is 4.56. The molecule has 0 aliphatic carbocycles. The Kier molecular flexibility index (Phi) is 4.84. The molecular weight excluding hydrogens is 288 g/mol. The monoisotopic (exact) mass is 304 g/mol. The number of nitrogens with zero attached hydrogens (tertiary/aromatic N) is 4. The Morgan fingerprint density at radius 3 is 2.64 bits per heavy atom. The normalized spacial score (nSPS) is 10.5. The fourth-order valence-corrected chi connectivity index (χ4v) is 2.01. The molecule has 0 saturated heterocycles. The highest BCUT2D eigenvalue weighted by molar-refractivity contribution is 5.93. The van der Waals surface area contributed by atoms with E-state index in [9.17, 15) is 14.9 Å². The number of rotatable bonds is 6. The number of nitro benzene ring substituents is 1. The first-order valence-electron chi connectivity index (χ1n) is 6.76. The summed E-state index contributed by atoms with van der Waals surface area (Å²) in [6.07, 6.45) is 2.99. The Morgan fingerprint density at radius 2 is 2.09 bits per heavy atom. The number of aromatic nitrogens is 2. The van der Waals surface area contributed by atoms with E-state index in [1.807, 2.05) is 6.92 Å². The number of likely N-dealkylation sites (N-methyl/N-ethyl adjacent to an activating group) is 1. The highest BCUT2D eigenvalue weighted by atomic mass is 16.6. The maximum absolute atomic E-state index is 12.2. The van der Waals surface area contributed by atoms with Gasteiger partial charge in [0.05, 0.1) is 29.0 Å². The van der Waals surface area contributed by atoms with Crippen molar-refractivity contribution in [2.75, 3.05) is 19.7 Å². The maximum atomic E-state index is 12.2. The second-order valence-electron chi connectivity index (χ2n) is 4.56. The molecule has 0 spiro atoms. The van der Waals surface area contributed by atoms with E-state index < -0.39 is 4.92 Å². The zero-order chi connectivity index (χ0) is 16.1. The molecule has 22 heavy (non-hydrogen) atoms. The number of hydrogen-bond donors (Lipinski definition) is 1. The number of carbonyl (C=O) groups is 1. The summed E-state index contributed by atoms with van der Waals surface area (Å²) in [6.45, 7) is 2.48. The van der Waals surface area contributed by atoms with Crippen LogP contribution >= 0.6 is 0 Å². The van der Waals surface area contributed by atoms with Crippen molar-refractivity contribution in [1.82, 2.24) is 14.7 Å². The first kappa shape index (κ1) is 15.6. The smallest absolute Gasteiger partial charge is 0.269 e. The summed E-state index contributed by atoms with van der Waals surface area (Å²) in [6, 6.07) is 5.88. The highest BCUT2D eigenvalue weighted by Gasteiger charge is 2.16. The van der Waals surface area contributed by atoms with Crippen LogP contribution in [0.25, 0.3) is 5.69 Å². The van der Waals surface area contributed by atoms with E-state index in [0.717, 1.165) is 0 Å². The van der Waals surface area contributed by atoms with Gasteiger partial charge in [0.25, 0.3) is 11.6 Å². The molecule has 1 heterocycles. The van der Waals surface area contributed by atoms with E-state index in [2.05, 4.69) is 5.10 Å². The van der Waals surface area contributed by atoms with Crippen molar-refractivity contribution < 1.29 is 14.8 Å². The predicted octanol–water partition coefficient (Wildman–Crippen LogP) is 1.23. The number of carbonyl (C=O) groups excluding carboxylic acids is 1. The van der Waals surface area contributed by atoms with E-state index in [1.54, 1.807) is 18.3 Å². The quantitative estimate of drug-likeness (QED) is 0.639. The lowest BCUT2D eigenvalue weighted by Crippen LogP contribution is -2.33. The predicted molar refractivity (Wildman–Crippen MR) is 78.9 cm³/mol. The molecule has 1 amide bonds. The van der Waals surface area contributed by atoms with Crippen LogP contribution in [0.1, 0.15) is 17.3 Å². The maximum Gasteiger partial charge on any atom is 0.269 e. The molecule has 2 aromatic rings. The first-order valence-corrected chi connectivity index (χ1v) is 6.76. The lowest BCUT2D eigenvalue weighted by Gasteiger charge is -2.18. The van der Waals surface area contributed by atoms with E-state index >= 15 is 0 Å². The molecule has 1 aromatic carbocycles. The zero-order valence-electron chi connectivity index (χ0n) is 12.0. The molecule has 1 N–H and O–H groups in total. The highest BCUT2D eigenvalue weighted by Crippen LogP contribution is 2.15. The van der Waals surface area contributed by atoms with Crippen LogP contribution in [0.2, 0.25) is 0 Å². The number of hydrogen-bond acceptors (Lipinski definition) is 5. The lowest BCUT2D eigenvalue weighted by atomic mass is 10.3. The van der Waals surface area contributed by atoms with Gasteiger partial charge >= 0.3 is 0 Å². The average Bonchev–Trinajstić information content (AvgIpc) is 3.02. The molecule has 1 aromatic heterocycles. The summed E-state index contributed by atoms with van der Waals surface area (Å²) >= 11 is 0. The van der Waals surface area contributed by atoms with Crippen molar-refractivity contribution in [3.63, 3.8) is 0 Å². The zero-order valence-corrected chi connectivity index (χ0v) is 12.0. The van der Waals surface area contributed by atoms with E-state index in [4.69, 9.17) is 5.11 Å². The van der Waals surface area contributed by atoms with Gasteiger partial charge in [0, 0.05) is 31.4 Å². The largest absolute Gasteiger partial charge is 0.395 e. The summed E-state index contributed by atoms with van der Waals surface area (Å²) in [5, 5.41) is 23.7. The van der Waals surface area contributed by atoms with Crippen molar-refractivity contribution in [1.29, 1.82) is 0 Å². The number of aliphatic hydroxyl groups is 1. The minimum absolute atomic E-state index is 0.00712. The molecule has 0 bridgehead atoms. The minimum Gasteiger partial charge on any atom is -0.395 e. The molecule has 8 heteroatoms. The molecule has 0 atom stereocenters. The van der Waals surface area contributed by atoms with Gasteiger partial charge in [-0.05, 0) is 19.1 Å². The van der Waals surface area contributed by atoms with Crippen molar-refractivity contribution in [3.05, 3.63) is 52.3 Å². The summed E-state index contributed by atoms with van der Waals surface area (Å²) in [4.78, 5) is 23.9. The molecule has 0 radical (unpaired) electrons. The minimum atomic E-state index is -0.476. The molecule has 2 rings (SSSR count). The molecule has 0 unspecified atom stereocenters. The van der Waals surface area contributed by atoms with Crippen LogP contribution in [0.4, 0.5) is 5.69 Å². The van der Waals surface area contributed by atoms with Gasteiger partial charge in [-0.25, -0.2) is 4.68 Å². The van der Waals surface area contributed by atoms with Gasteiger partial charge in [-0.2, -0.15) is 5.10 Å². The Balaban J connectivity index is 2.20. The Bertz CT molecular complexity index is 666. The summed E-state index contributed by atoms with van der Waals surface area (Å²) in [7, 11) is 0. The molecule has 0 fully saturated rings. The fraction of sp³-hybridized carbons (Fsp3) is 0.286. The van der Waals surface area contributed by atoms with Crippen LogP contribution in [-0.4, -0.2) is 50.3 Å². The van der Waals surface area contributed by atoms with E-state index in [0.29, 0.717) is 17.8 Å².